The van der Waals surface area contributed by atoms with E-state index in [1.54, 1.807) is 6.07 Å². The average Bonchev–Trinajstić information content (AvgIpc) is 2.84. The Hall–Kier alpha value is -2.29. The van der Waals surface area contributed by atoms with Crippen molar-refractivity contribution < 1.29 is 18.9 Å². The van der Waals surface area contributed by atoms with Crippen molar-refractivity contribution in [3.63, 3.8) is 0 Å². The van der Waals surface area contributed by atoms with E-state index in [0.29, 0.717) is 6.54 Å². The largest absolute Gasteiger partial charge is 0.491 e. The summed E-state index contributed by atoms with van der Waals surface area (Å²) in [5.41, 5.74) is 0.740. The molecule has 0 radical (unpaired) electrons. The lowest BCUT2D eigenvalue weighted by Crippen LogP contribution is -2.68. The van der Waals surface area contributed by atoms with E-state index < -0.39 is 21.3 Å². The van der Waals surface area contributed by atoms with E-state index in [1.165, 1.54) is 22.5 Å². The molecule has 0 aromatic heterocycles. The molecule has 0 saturated carbocycles. The third kappa shape index (κ3) is 5.60. The van der Waals surface area contributed by atoms with Crippen LogP contribution >= 0.6 is 0 Å². The van der Waals surface area contributed by atoms with E-state index in [9.17, 15) is 14.4 Å². The zero-order valence-electron chi connectivity index (χ0n) is 20.8. The first-order valence-electron chi connectivity index (χ1n) is 12.4. The number of likely N-dealkylation sites (tertiary alicyclic amines) is 1. The van der Waals surface area contributed by atoms with Crippen LogP contribution in [0.4, 0.5) is 4.39 Å². The van der Waals surface area contributed by atoms with Gasteiger partial charge in [-0.2, -0.15) is 0 Å². The summed E-state index contributed by atoms with van der Waals surface area (Å²) < 4.78 is 21.5. The highest BCUT2D eigenvalue weighted by atomic mass is 28.4. The molecule has 1 heterocycles. The van der Waals surface area contributed by atoms with E-state index in [2.05, 4.69) is 86.3 Å². The molecule has 4 nitrogen and oxygen atoms in total. The zero-order valence-corrected chi connectivity index (χ0v) is 21.8. The Labute approximate surface area is 209 Å². The van der Waals surface area contributed by atoms with Gasteiger partial charge in [-0.3, -0.25) is 4.90 Å². The second kappa shape index (κ2) is 10.8. The first-order chi connectivity index (χ1) is 16.7. The molecule has 3 aromatic carbocycles. The summed E-state index contributed by atoms with van der Waals surface area (Å²) in [5, 5.41) is 21.0. The van der Waals surface area contributed by atoms with Gasteiger partial charge in [0.2, 0.25) is 0 Å². The fourth-order valence-corrected chi connectivity index (χ4v) is 10.0. The minimum atomic E-state index is -2.57. The van der Waals surface area contributed by atoms with E-state index in [1.807, 2.05) is 0 Å². The molecule has 3 aromatic rings. The molecule has 2 N–H and O–H groups in total. The van der Waals surface area contributed by atoms with Crippen molar-refractivity contribution in [1.82, 2.24) is 4.90 Å². The molecule has 0 amide bonds. The maximum Gasteiger partial charge on any atom is 0.491 e. The third-order valence-corrected chi connectivity index (χ3v) is 12.1. The van der Waals surface area contributed by atoms with Crippen LogP contribution < -0.4 is 15.8 Å². The van der Waals surface area contributed by atoms with Gasteiger partial charge >= 0.3 is 7.12 Å². The van der Waals surface area contributed by atoms with Gasteiger partial charge in [-0.15, -0.1) is 0 Å². The molecule has 0 atom stereocenters. The first kappa shape index (κ1) is 25.8. The Morgan fingerprint density at radius 3 is 1.91 bits per heavy atom. The first-order valence-corrected chi connectivity index (χ1v) is 14.3. The second-order valence-electron chi connectivity index (χ2n) is 10.5. The van der Waals surface area contributed by atoms with Crippen LogP contribution in [0.1, 0.15) is 39.2 Å². The monoisotopic (exact) mass is 491 g/mol. The van der Waals surface area contributed by atoms with Gasteiger partial charge in [-0.05, 0) is 39.9 Å². The normalized spacial score (nSPS) is 15.8. The summed E-state index contributed by atoms with van der Waals surface area (Å²) in [4.78, 5) is 2.31. The molecule has 1 aliphatic rings. The minimum Gasteiger partial charge on any atom is -0.423 e. The van der Waals surface area contributed by atoms with Crippen molar-refractivity contribution in [3.8, 4) is 0 Å². The van der Waals surface area contributed by atoms with Crippen LogP contribution in [0.15, 0.2) is 78.9 Å². The molecule has 0 unspecified atom stereocenters. The maximum atomic E-state index is 14.2. The van der Waals surface area contributed by atoms with Crippen molar-refractivity contribution in [2.45, 2.75) is 51.3 Å². The SMILES string of the molecule is CC(C)(C)[Si](OC1CCN(Cc2ccc(B(O)O)c(F)c2)CC1)(c1ccccc1)c1ccccc1. The van der Waals surface area contributed by atoms with Gasteiger partial charge in [0.15, 0.2) is 0 Å². The number of rotatable bonds is 7. The van der Waals surface area contributed by atoms with Crippen molar-refractivity contribution in [2.75, 3.05) is 13.1 Å². The third-order valence-electron chi connectivity index (χ3n) is 7.04. The van der Waals surface area contributed by atoms with Crippen LogP contribution in [0.5, 0.6) is 0 Å². The quantitative estimate of drug-likeness (QED) is 0.499. The topological polar surface area (TPSA) is 52.9 Å². The van der Waals surface area contributed by atoms with Crippen LogP contribution in [0.2, 0.25) is 5.04 Å². The molecule has 0 bridgehead atoms. The predicted octanol–water partition coefficient (Wildman–Crippen LogP) is 3.05. The van der Waals surface area contributed by atoms with E-state index in [-0.39, 0.29) is 16.6 Å². The number of hydrogen-bond donors (Lipinski definition) is 2. The molecule has 35 heavy (non-hydrogen) atoms. The van der Waals surface area contributed by atoms with E-state index in [4.69, 9.17) is 4.43 Å². The summed E-state index contributed by atoms with van der Waals surface area (Å²) >= 11 is 0. The molecule has 0 aliphatic carbocycles. The van der Waals surface area contributed by atoms with Crippen molar-refractivity contribution >= 4 is 31.3 Å². The lowest BCUT2D eigenvalue weighted by Gasteiger charge is -2.46. The van der Waals surface area contributed by atoms with Crippen molar-refractivity contribution in [2.24, 2.45) is 0 Å². The molecular weight excluding hydrogens is 456 g/mol. The molecule has 7 heteroatoms. The molecule has 1 fully saturated rings. The van der Waals surface area contributed by atoms with Crippen LogP contribution in [-0.2, 0) is 11.0 Å². The smallest absolute Gasteiger partial charge is 0.423 e. The highest BCUT2D eigenvalue weighted by Crippen LogP contribution is 2.38. The number of benzene rings is 3. The Kier molecular flexibility index (Phi) is 7.93. The molecule has 1 aliphatic heterocycles. The Balaban J connectivity index is 1.52. The summed E-state index contributed by atoms with van der Waals surface area (Å²) in [6.45, 7) is 9.27. The molecule has 184 valence electrons. The van der Waals surface area contributed by atoms with Crippen LogP contribution in [-0.4, -0.2) is 49.6 Å². The number of halogens is 1. The summed E-state index contributed by atoms with van der Waals surface area (Å²) in [6, 6.07) is 26.1. The van der Waals surface area contributed by atoms with Gasteiger partial charge in [0, 0.05) is 31.2 Å². The van der Waals surface area contributed by atoms with Crippen molar-refractivity contribution in [1.29, 1.82) is 0 Å². The van der Waals surface area contributed by atoms with Crippen molar-refractivity contribution in [3.05, 3.63) is 90.2 Å². The average molecular weight is 491 g/mol. The molecule has 0 spiro atoms. The van der Waals surface area contributed by atoms with E-state index >= 15 is 0 Å². The fraction of sp³-hybridized carbons (Fsp3) is 0.357. The zero-order chi connectivity index (χ0) is 25.1. The number of nitrogens with zero attached hydrogens (tertiary/aromatic N) is 1. The predicted molar refractivity (Wildman–Crippen MR) is 143 cm³/mol. The standard InChI is InChI=1S/C28H35BFNO3Si/c1-28(2,3)35(24-10-6-4-7-11-24,25-12-8-5-9-13-25)34-23-16-18-31(19-17-23)21-22-14-15-26(29(32)33)27(30)20-22/h4-15,20,23,32-33H,16-19,21H2,1-3H3. The van der Waals surface area contributed by atoms with E-state index in [0.717, 1.165) is 31.5 Å². The highest BCUT2D eigenvalue weighted by Gasteiger charge is 2.51. The Bertz CT molecular complexity index is 1060. The van der Waals surface area contributed by atoms with Gasteiger partial charge in [-0.1, -0.05) is 93.6 Å². The Morgan fingerprint density at radius 1 is 0.914 bits per heavy atom. The second-order valence-corrected chi connectivity index (χ2v) is 14.7. The fourth-order valence-electron chi connectivity index (χ4n) is 5.26. The number of hydrogen-bond acceptors (Lipinski definition) is 4. The lowest BCUT2D eigenvalue weighted by molar-refractivity contribution is 0.0894. The summed E-state index contributed by atoms with van der Waals surface area (Å²) in [5.74, 6) is -0.581. The van der Waals surface area contributed by atoms with Gasteiger partial charge in [0.25, 0.3) is 8.32 Å². The molecule has 4 rings (SSSR count). The van der Waals surface area contributed by atoms with Crippen LogP contribution in [0.25, 0.3) is 0 Å². The number of piperidine rings is 1. The van der Waals surface area contributed by atoms with Gasteiger partial charge in [0.05, 0.1) is 0 Å². The minimum absolute atomic E-state index is 0.0522. The van der Waals surface area contributed by atoms with Gasteiger partial charge in [0.1, 0.15) is 5.82 Å². The van der Waals surface area contributed by atoms with Gasteiger partial charge in [-0.25, -0.2) is 4.39 Å². The molecule has 1 saturated heterocycles. The van der Waals surface area contributed by atoms with Crippen LogP contribution in [0.3, 0.4) is 0 Å². The summed E-state index contributed by atoms with van der Waals surface area (Å²) in [6.07, 6.45) is 1.99. The van der Waals surface area contributed by atoms with Crippen LogP contribution in [0, 0.1) is 5.82 Å². The lowest BCUT2D eigenvalue weighted by atomic mass is 9.79. The summed E-state index contributed by atoms with van der Waals surface area (Å²) in [7, 11) is -4.37. The van der Waals surface area contributed by atoms with Gasteiger partial charge < -0.3 is 14.5 Å². The molecular formula is C28H35BFNO3Si. The Morgan fingerprint density at radius 2 is 1.46 bits per heavy atom. The maximum absolute atomic E-state index is 14.2. The highest BCUT2D eigenvalue weighted by molar-refractivity contribution is 6.99.